The molecule has 0 spiro atoms. The summed E-state index contributed by atoms with van der Waals surface area (Å²) in [7, 11) is 1.68. The lowest BCUT2D eigenvalue weighted by molar-refractivity contribution is 0.0653. The van der Waals surface area contributed by atoms with Crippen LogP contribution in [-0.4, -0.2) is 43.4 Å². The van der Waals surface area contributed by atoms with Crippen LogP contribution in [0.3, 0.4) is 0 Å². The molecule has 0 bridgehead atoms. The quantitative estimate of drug-likeness (QED) is 0.602. The number of nitrogens with zero attached hydrogens (tertiary/aromatic N) is 1. The summed E-state index contributed by atoms with van der Waals surface area (Å²) in [6.45, 7) is 6.01. The van der Waals surface area contributed by atoms with Crippen molar-refractivity contribution in [3.63, 3.8) is 0 Å². The van der Waals surface area contributed by atoms with Gasteiger partial charge >= 0.3 is 0 Å². The fraction of sp³-hybridized carbons (Fsp3) is 0.800. The van der Waals surface area contributed by atoms with E-state index in [0.29, 0.717) is 19.6 Å². The summed E-state index contributed by atoms with van der Waals surface area (Å²) in [6.07, 6.45) is 0.837. The predicted molar refractivity (Wildman–Crippen MR) is 49.5 cm³/mol. The number of hydrogen-bond donors (Lipinski definition) is 0. The Morgan fingerprint density at radius 3 is 3.23 bits per heavy atom. The lowest BCUT2D eigenvalue weighted by Crippen LogP contribution is -2.42. The monoisotopic (exact) mass is 185 g/mol. The van der Waals surface area contributed by atoms with Crippen LogP contribution in [0.15, 0.2) is 12.2 Å². The van der Waals surface area contributed by atoms with E-state index in [1.54, 1.807) is 7.11 Å². The summed E-state index contributed by atoms with van der Waals surface area (Å²) in [6, 6.07) is 0. The van der Waals surface area contributed by atoms with Crippen molar-refractivity contribution in [2.24, 2.45) is 0 Å². The normalized spacial score (nSPS) is 39.8. The van der Waals surface area contributed by atoms with Crippen LogP contribution in [-0.2, 0) is 4.74 Å². The van der Waals surface area contributed by atoms with E-state index in [1.807, 2.05) is 0 Å². The largest absolute Gasteiger partial charge is 0.383 e. The van der Waals surface area contributed by atoms with E-state index in [-0.39, 0.29) is 5.54 Å². The van der Waals surface area contributed by atoms with E-state index in [2.05, 4.69) is 11.5 Å². The van der Waals surface area contributed by atoms with Crippen molar-refractivity contribution >= 4 is 0 Å². The van der Waals surface area contributed by atoms with Gasteiger partial charge < -0.3 is 4.74 Å². The van der Waals surface area contributed by atoms with E-state index >= 15 is 0 Å². The van der Waals surface area contributed by atoms with Gasteiger partial charge in [-0.3, -0.25) is 4.90 Å². The highest BCUT2D eigenvalue weighted by Gasteiger charge is 2.49. The van der Waals surface area contributed by atoms with E-state index in [0.717, 1.165) is 13.0 Å². The molecule has 13 heavy (non-hydrogen) atoms. The summed E-state index contributed by atoms with van der Waals surface area (Å²) in [5, 5.41) is 0. The number of alkyl halides is 1. The van der Waals surface area contributed by atoms with E-state index < -0.39 is 6.17 Å². The van der Waals surface area contributed by atoms with Gasteiger partial charge in [0.15, 0.2) is 0 Å². The van der Waals surface area contributed by atoms with Gasteiger partial charge in [-0.15, -0.1) is 0 Å². The molecule has 0 radical (unpaired) electrons. The third-order valence-corrected chi connectivity index (χ3v) is 3.10. The number of methoxy groups -OCH3 is 1. The zero-order valence-corrected chi connectivity index (χ0v) is 8.05. The van der Waals surface area contributed by atoms with E-state index in [9.17, 15) is 4.39 Å². The molecule has 2 saturated heterocycles. The Labute approximate surface area is 78.4 Å². The van der Waals surface area contributed by atoms with Crippen molar-refractivity contribution in [2.75, 3.05) is 26.8 Å². The van der Waals surface area contributed by atoms with Crippen molar-refractivity contribution in [3.05, 3.63) is 12.2 Å². The number of ether oxygens (including phenoxy) is 1. The molecule has 0 aromatic rings. The highest BCUT2D eigenvalue weighted by Crippen LogP contribution is 2.41. The van der Waals surface area contributed by atoms with Crippen molar-refractivity contribution in [1.29, 1.82) is 0 Å². The first kappa shape index (κ1) is 9.16. The highest BCUT2D eigenvalue weighted by molar-refractivity contribution is 5.19. The Hall–Kier alpha value is -0.410. The first-order valence-electron chi connectivity index (χ1n) is 4.71. The molecule has 3 heteroatoms. The summed E-state index contributed by atoms with van der Waals surface area (Å²) in [4.78, 5) is 2.18. The average molecular weight is 185 g/mol. The zero-order chi connectivity index (χ0) is 9.47. The Balaban J connectivity index is 2.16. The van der Waals surface area contributed by atoms with Gasteiger partial charge in [-0.2, -0.15) is 0 Å². The maximum atomic E-state index is 13.2. The topological polar surface area (TPSA) is 12.5 Å². The van der Waals surface area contributed by atoms with Gasteiger partial charge in [0.05, 0.1) is 12.1 Å². The second-order valence-electron chi connectivity index (χ2n) is 4.27. The maximum Gasteiger partial charge on any atom is 0.115 e. The summed E-state index contributed by atoms with van der Waals surface area (Å²) >= 11 is 0. The van der Waals surface area contributed by atoms with Gasteiger partial charge in [-0.25, -0.2) is 4.39 Å². The molecule has 0 aromatic carbocycles. The summed E-state index contributed by atoms with van der Waals surface area (Å²) in [5.41, 5.74) is 1.15. The third kappa shape index (κ3) is 1.40. The minimum Gasteiger partial charge on any atom is -0.383 e. The van der Waals surface area contributed by atoms with Crippen molar-refractivity contribution in [3.8, 4) is 0 Å². The average Bonchev–Trinajstić information content (AvgIpc) is 2.40. The first-order chi connectivity index (χ1) is 6.16. The molecule has 2 atom stereocenters. The van der Waals surface area contributed by atoms with E-state index in [1.165, 1.54) is 5.57 Å². The summed E-state index contributed by atoms with van der Waals surface area (Å²) < 4.78 is 18.4. The van der Waals surface area contributed by atoms with Crippen LogP contribution in [0.25, 0.3) is 0 Å². The van der Waals surface area contributed by atoms with Crippen LogP contribution in [0.4, 0.5) is 4.39 Å². The molecule has 2 aliphatic heterocycles. The van der Waals surface area contributed by atoms with Crippen molar-refractivity contribution < 1.29 is 9.13 Å². The fourth-order valence-corrected chi connectivity index (χ4v) is 2.72. The van der Waals surface area contributed by atoms with Crippen LogP contribution in [0, 0.1) is 0 Å². The predicted octanol–water partition coefficient (Wildman–Crippen LogP) is 1.38. The fourth-order valence-electron chi connectivity index (χ4n) is 2.72. The van der Waals surface area contributed by atoms with Crippen LogP contribution in [0.5, 0.6) is 0 Å². The Bertz CT molecular complexity index is 231. The van der Waals surface area contributed by atoms with Gasteiger partial charge in [0, 0.05) is 26.6 Å². The highest BCUT2D eigenvalue weighted by atomic mass is 19.1. The second kappa shape index (κ2) is 3.07. The van der Waals surface area contributed by atoms with Crippen LogP contribution in [0.2, 0.25) is 0 Å². The van der Waals surface area contributed by atoms with Gasteiger partial charge in [-0.05, 0) is 6.42 Å². The van der Waals surface area contributed by atoms with E-state index in [4.69, 9.17) is 4.74 Å². The zero-order valence-electron chi connectivity index (χ0n) is 8.05. The van der Waals surface area contributed by atoms with Gasteiger partial charge in [0.25, 0.3) is 0 Å². The molecule has 74 valence electrons. The van der Waals surface area contributed by atoms with Crippen LogP contribution >= 0.6 is 0 Å². The molecule has 2 nitrogen and oxygen atoms in total. The van der Waals surface area contributed by atoms with Crippen LogP contribution in [0.1, 0.15) is 12.8 Å². The number of fused-ring (bicyclic) bond motifs is 1. The van der Waals surface area contributed by atoms with Gasteiger partial charge in [0.2, 0.25) is 0 Å². The number of hydrogen-bond acceptors (Lipinski definition) is 2. The van der Waals surface area contributed by atoms with Crippen molar-refractivity contribution in [2.45, 2.75) is 24.6 Å². The first-order valence-corrected chi connectivity index (χ1v) is 4.71. The lowest BCUT2D eigenvalue weighted by atomic mass is 9.93. The molecular weight excluding hydrogens is 169 g/mol. The third-order valence-electron chi connectivity index (χ3n) is 3.10. The Kier molecular flexibility index (Phi) is 2.16. The van der Waals surface area contributed by atoms with Crippen LogP contribution < -0.4 is 0 Å². The maximum absolute atomic E-state index is 13.2. The number of halogens is 1. The molecular formula is C10H16FNO. The molecule has 0 aliphatic carbocycles. The molecule has 0 amide bonds. The second-order valence-corrected chi connectivity index (χ2v) is 4.27. The molecule has 0 aromatic heterocycles. The van der Waals surface area contributed by atoms with Crippen molar-refractivity contribution in [1.82, 2.24) is 4.90 Å². The molecule has 2 heterocycles. The summed E-state index contributed by atoms with van der Waals surface area (Å²) in [5.74, 6) is 0. The van der Waals surface area contributed by atoms with Gasteiger partial charge in [0.1, 0.15) is 6.17 Å². The molecule has 2 fully saturated rings. The minimum atomic E-state index is -0.678. The minimum absolute atomic E-state index is 0.0642. The lowest BCUT2D eigenvalue weighted by Gasteiger charge is -2.29. The molecule has 0 N–H and O–H groups in total. The SMILES string of the molecule is C=C1CN2C[C@H](F)CC2(COC)C1. The Morgan fingerprint density at radius 1 is 1.77 bits per heavy atom. The molecule has 1 unspecified atom stereocenters. The smallest absolute Gasteiger partial charge is 0.115 e. The molecule has 0 saturated carbocycles. The van der Waals surface area contributed by atoms with Gasteiger partial charge in [-0.1, -0.05) is 12.2 Å². The molecule has 2 aliphatic rings. The standard InChI is InChI=1S/C10H16FNO/c1-8-3-10(7-13-2)4-9(11)6-12(10)5-8/h9H,1,3-7H2,2H3/t9-,10?/m1/s1. The Morgan fingerprint density at radius 2 is 2.54 bits per heavy atom. The molecule has 2 rings (SSSR count). The number of rotatable bonds is 2.